The van der Waals surface area contributed by atoms with E-state index in [0.29, 0.717) is 25.0 Å². The number of hydrogen-bond donors (Lipinski definition) is 3. The van der Waals surface area contributed by atoms with E-state index in [-0.39, 0.29) is 17.9 Å². The number of carbonyl (C=O) groups excluding carboxylic acids is 1. The summed E-state index contributed by atoms with van der Waals surface area (Å²) in [5, 5.41) is 20.1. The number of aromatic amines is 1. The van der Waals surface area contributed by atoms with Gasteiger partial charge in [0.15, 0.2) is 0 Å². The van der Waals surface area contributed by atoms with E-state index in [2.05, 4.69) is 15.5 Å². The van der Waals surface area contributed by atoms with Crippen molar-refractivity contribution in [1.29, 1.82) is 0 Å². The van der Waals surface area contributed by atoms with Crippen LogP contribution in [0.2, 0.25) is 0 Å². The van der Waals surface area contributed by atoms with E-state index in [9.17, 15) is 14.9 Å². The molecule has 0 aromatic carbocycles. The molecule has 0 aliphatic carbocycles. The van der Waals surface area contributed by atoms with Crippen LogP contribution in [0.5, 0.6) is 0 Å². The summed E-state index contributed by atoms with van der Waals surface area (Å²) in [6.45, 7) is 6.03. The first-order chi connectivity index (χ1) is 9.88. The second kappa shape index (κ2) is 7.16. The van der Waals surface area contributed by atoms with Crippen molar-refractivity contribution in [3.8, 4) is 0 Å². The highest BCUT2D eigenvalue weighted by atomic mass is 16.6. The van der Waals surface area contributed by atoms with Gasteiger partial charge in [-0.05, 0) is 19.3 Å². The topological polar surface area (TPSA) is 127 Å². The first-order valence-electron chi connectivity index (χ1n) is 7.17. The highest BCUT2D eigenvalue weighted by molar-refractivity contribution is 5.96. The van der Waals surface area contributed by atoms with Crippen molar-refractivity contribution >= 4 is 11.6 Å². The summed E-state index contributed by atoms with van der Waals surface area (Å²) in [7, 11) is 0. The molecule has 1 aromatic heterocycles. The van der Waals surface area contributed by atoms with Crippen LogP contribution >= 0.6 is 0 Å². The Hall–Kier alpha value is -1.96. The monoisotopic (exact) mass is 297 g/mol. The van der Waals surface area contributed by atoms with E-state index in [1.165, 1.54) is 0 Å². The van der Waals surface area contributed by atoms with Crippen molar-refractivity contribution in [3.05, 3.63) is 21.5 Å². The van der Waals surface area contributed by atoms with Gasteiger partial charge in [0.2, 0.25) is 5.69 Å². The third-order valence-corrected chi connectivity index (χ3v) is 3.72. The predicted molar refractivity (Wildman–Crippen MR) is 79.1 cm³/mol. The van der Waals surface area contributed by atoms with Crippen molar-refractivity contribution in [2.45, 2.75) is 52.0 Å². The number of aromatic nitrogens is 2. The van der Waals surface area contributed by atoms with Crippen LogP contribution in [0.3, 0.4) is 0 Å². The van der Waals surface area contributed by atoms with Crippen LogP contribution in [0.1, 0.15) is 56.2 Å². The van der Waals surface area contributed by atoms with Crippen LogP contribution in [-0.4, -0.2) is 33.1 Å². The lowest BCUT2D eigenvalue weighted by molar-refractivity contribution is -0.385. The fourth-order valence-corrected chi connectivity index (χ4v) is 1.99. The molecule has 0 spiro atoms. The van der Waals surface area contributed by atoms with E-state index >= 15 is 0 Å². The Kier molecular flexibility index (Phi) is 5.83. The summed E-state index contributed by atoms with van der Waals surface area (Å²) < 4.78 is 0. The summed E-state index contributed by atoms with van der Waals surface area (Å²) >= 11 is 0. The zero-order valence-electron chi connectivity index (χ0n) is 12.7. The Bertz CT molecular complexity index is 508. The number of nitrogens with one attached hydrogen (secondary N) is 2. The molecule has 8 heteroatoms. The van der Waals surface area contributed by atoms with E-state index in [1.807, 2.05) is 20.8 Å². The van der Waals surface area contributed by atoms with Gasteiger partial charge in [-0.1, -0.05) is 27.2 Å². The van der Waals surface area contributed by atoms with Crippen LogP contribution < -0.4 is 11.1 Å². The quantitative estimate of drug-likeness (QED) is 0.495. The average Bonchev–Trinajstić information content (AvgIpc) is 2.89. The van der Waals surface area contributed by atoms with Gasteiger partial charge in [0.05, 0.1) is 4.92 Å². The maximum atomic E-state index is 12.1. The summed E-state index contributed by atoms with van der Waals surface area (Å²) in [5.74, 6) is -0.572. The smallest absolute Gasteiger partial charge is 0.322 e. The van der Waals surface area contributed by atoms with Gasteiger partial charge in [0, 0.05) is 12.1 Å². The fraction of sp³-hybridized carbons (Fsp3) is 0.692. The minimum atomic E-state index is -0.572. The number of nitrogens with zero attached hydrogens (tertiary/aromatic N) is 2. The summed E-state index contributed by atoms with van der Waals surface area (Å²) in [6, 6.07) is 0. The van der Waals surface area contributed by atoms with E-state index in [1.54, 1.807) is 0 Å². The van der Waals surface area contributed by atoms with Gasteiger partial charge in [0.1, 0.15) is 5.69 Å². The van der Waals surface area contributed by atoms with Crippen LogP contribution in [-0.2, 0) is 6.42 Å². The molecule has 1 rings (SSSR count). The molecule has 0 bridgehead atoms. The molecule has 1 heterocycles. The Morgan fingerprint density at radius 1 is 1.43 bits per heavy atom. The van der Waals surface area contributed by atoms with Gasteiger partial charge < -0.3 is 11.1 Å². The van der Waals surface area contributed by atoms with Gasteiger partial charge in [-0.3, -0.25) is 20.0 Å². The fourth-order valence-electron chi connectivity index (χ4n) is 1.99. The van der Waals surface area contributed by atoms with Crippen LogP contribution in [0.25, 0.3) is 0 Å². The second-order valence-corrected chi connectivity index (χ2v) is 5.16. The molecule has 0 fully saturated rings. The van der Waals surface area contributed by atoms with E-state index in [0.717, 1.165) is 6.42 Å². The molecular weight excluding hydrogens is 274 g/mol. The van der Waals surface area contributed by atoms with Crippen molar-refractivity contribution in [2.75, 3.05) is 6.54 Å². The highest BCUT2D eigenvalue weighted by Crippen LogP contribution is 2.22. The molecule has 0 aliphatic heterocycles. The lowest BCUT2D eigenvalue weighted by atomic mass is 9.94. The maximum Gasteiger partial charge on any atom is 0.322 e. The maximum absolute atomic E-state index is 12.1. The number of rotatable bonds is 8. The molecule has 21 heavy (non-hydrogen) atoms. The first-order valence-corrected chi connectivity index (χ1v) is 7.17. The molecular formula is C13H23N5O3. The second-order valence-electron chi connectivity index (χ2n) is 5.16. The standard InChI is InChI=1S/C13H23N5O3/c1-4-7-9-11(18(20)21)10(17-16-9)12(19)15-8-13(14,5-2)6-3/h4-8,14H2,1-3H3,(H,15,19)(H,16,17). The van der Waals surface area contributed by atoms with E-state index < -0.39 is 16.4 Å². The number of amides is 1. The molecule has 0 atom stereocenters. The van der Waals surface area contributed by atoms with Gasteiger partial charge in [-0.25, -0.2) is 0 Å². The Morgan fingerprint density at radius 3 is 2.52 bits per heavy atom. The van der Waals surface area contributed by atoms with Crippen LogP contribution in [0.4, 0.5) is 5.69 Å². The third kappa shape index (κ3) is 4.01. The minimum Gasteiger partial charge on any atom is -0.349 e. The summed E-state index contributed by atoms with van der Waals surface area (Å²) in [6.07, 6.45) is 2.60. The predicted octanol–water partition coefficient (Wildman–Crippen LogP) is 1.52. The molecule has 0 saturated heterocycles. The largest absolute Gasteiger partial charge is 0.349 e. The lowest BCUT2D eigenvalue weighted by Crippen LogP contribution is -2.49. The Morgan fingerprint density at radius 2 is 2.05 bits per heavy atom. The summed E-state index contributed by atoms with van der Waals surface area (Å²) in [4.78, 5) is 22.7. The molecule has 1 aromatic rings. The van der Waals surface area contributed by atoms with Crippen LogP contribution in [0.15, 0.2) is 0 Å². The first kappa shape index (κ1) is 17.1. The van der Waals surface area contributed by atoms with E-state index in [4.69, 9.17) is 5.73 Å². The third-order valence-electron chi connectivity index (χ3n) is 3.72. The number of nitro groups is 1. The average molecular weight is 297 g/mol. The van der Waals surface area contributed by atoms with Crippen LogP contribution in [0, 0.1) is 10.1 Å². The van der Waals surface area contributed by atoms with Gasteiger partial charge in [-0.2, -0.15) is 5.10 Å². The SMILES string of the molecule is CCCc1[nH]nc(C(=O)NCC(N)(CC)CC)c1[N+](=O)[O-]. The van der Waals surface area contributed by atoms with Gasteiger partial charge in [-0.15, -0.1) is 0 Å². The van der Waals surface area contributed by atoms with Crippen molar-refractivity contribution in [3.63, 3.8) is 0 Å². The van der Waals surface area contributed by atoms with Gasteiger partial charge >= 0.3 is 5.69 Å². The van der Waals surface area contributed by atoms with Crippen molar-refractivity contribution < 1.29 is 9.72 Å². The Labute approximate surface area is 123 Å². The van der Waals surface area contributed by atoms with Crippen molar-refractivity contribution in [1.82, 2.24) is 15.5 Å². The zero-order chi connectivity index (χ0) is 16.0. The number of hydrogen-bond acceptors (Lipinski definition) is 5. The molecule has 0 aliphatic rings. The summed E-state index contributed by atoms with van der Waals surface area (Å²) in [5.41, 5.74) is 5.53. The molecule has 1 amide bonds. The molecule has 8 nitrogen and oxygen atoms in total. The molecule has 4 N–H and O–H groups in total. The number of nitrogens with two attached hydrogens (primary N) is 1. The number of carbonyl (C=O) groups is 1. The molecule has 0 unspecified atom stereocenters. The highest BCUT2D eigenvalue weighted by Gasteiger charge is 2.30. The zero-order valence-corrected chi connectivity index (χ0v) is 12.7. The normalized spacial score (nSPS) is 11.4. The minimum absolute atomic E-state index is 0.182. The molecule has 0 radical (unpaired) electrons. The molecule has 118 valence electrons. The van der Waals surface area contributed by atoms with Crippen molar-refractivity contribution in [2.24, 2.45) is 5.73 Å². The molecule has 0 saturated carbocycles. The number of H-pyrrole nitrogens is 1. The number of aryl methyl sites for hydroxylation is 1. The lowest BCUT2D eigenvalue weighted by Gasteiger charge is -2.26. The van der Waals surface area contributed by atoms with Gasteiger partial charge in [0.25, 0.3) is 5.91 Å². The Balaban J connectivity index is 2.90.